The minimum atomic E-state index is -0.810. The maximum absolute atomic E-state index is 12.7. The minimum absolute atomic E-state index is 0.0414. The Bertz CT molecular complexity index is 792. The van der Waals surface area contributed by atoms with E-state index in [1.54, 1.807) is 6.08 Å². The van der Waals surface area contributed by atoms with Gasteiger partial charge in [0.15, 0.2) is 5.78 Å². The lowest BCUT2D eigenvalue weighted by Gasteiger charge is -2.32. The Kier molecular flexibility index (Phi) is 4.34. The van der Waals surface area contributed by atoms with Crippen molar-refractivity contribution in [2.24, 2.45) is 0 Å². The van der Waals surface area contributed by atoms with Gasteiger partial charge >= 0.3 is 5.97 Å². The van der Waals surface area contributed by atoms with Crippen LogP contribution in [-0.4, -0.2) is 17.4 Å². The van der Waals surface area contributed by atoms with Gasteiger partial charge in [0.25, 0.3) is 0 Å². The maximum atomic E-state index is 12.7. The van der Waals surface area contributed by atoms with Gasteiger partial charge in [0.1, 0.15) is 5.60 Å². The number of benzene rings is 2. The highest BCUT2D eigenvalue weighted by Crippen LogP contribution is 2.39. The lowest BCUT2D eigenvalue weighted by Crippen LogP contribution is -2.34. The molecular formula is C21H20O3. The van der Waals surface area contributed by atoms with Gasteiger partial charge in [-0.1, -0.05) is 60.2 Å². The number of esters is 1. The van der Waals surface area contributed by atoms with Crippen molar-refractivity contribution in [2.45, 2.75) is 31.8 Å². The molecule has 122 valence electrons. The highest BCUT2D eigenvalue weighted by Gasteiger charge is 2.41. The molecule has 1 aliphatic heterocycles. The second-order valence-corrected chi connectivity index (χ2v) is 6.40. The zero-order valence-electron chi connectivity index (χ0n) is 13.9. The first kappa shape index (κ1) is 16.2. The van der Waals surface area contributed by atoms with E-state index in [-0.39, 0.29) is 24.1 Å². The van der Waals surface area contributed by atoms with Crippen molar-refractivity contribution in [3.05, 3.63) is 83.4 Å². The topological polar surface area (TPSA) is 43.4 Å². The molecule has 3 heteroatoms. The fourth-order valence-corrected chi connectivity index (χ4v) is 3.17. The summed E-state index contributed by atoms with van der Waals surface area (Å²) in [5.74, 6) is -0.546. The highest BCUT2D eigenvalue weighted by atomic mass is 16.6. The zero-order valence-corrected chi connectivity index (χ0v) is 13.9. The molecule has 1 aliphatic rings. The predicted octanol–water partition coefficient (Wildman–Crippen LogP) is 4.22. The van der Waals surface area contributed by atoms with Crippen LogP contribution in [0.5, 0.6) is 0 Å². The summed E-state index contributed by atoms with van der Waals surface area (Å²) in [6.45, 7) is 3.87. The molecule has 2 aromatic carbocycles. The Labute approximate surface area is 142 Å². The Morgan fingerprint density at radius 1 is 1.12 bits per heavy atom. The van der Waals surface area contributed by atoms with Crippen molar-refractivity contribution in [1.29, 1.82) is 0 Å². The number of carbonyl (C=O) groups is 2. The smallest absolute Gasteiger partial charge is 0.331 e. The first-order chi connectivity index (χ1) is 11.5. The van der Waals surface area contributed by atoms with Gasteiger partial charge in [-0.2, -0.15) is 0 Å². The fourth-order valence-electron chi connectivity index (χ4n) is 3.17. The van der Waals surface area contributed by atoms with Crippen molar-refractivity contribution >= 4 is 11.8 Å². The van der Waals surface area contributed by atoms with Gasteiger partial charge in [-0.05, 0) is 25.5 Å². The number of cyclic esters (lactones) is 1. The van der Waals surface area contributed by atoms with Gasteiger partial charge in [-0.25, -0.2) is 4.79 Å². The van der Waals surface area contributed by atoms with Gasteiger partial charge in [0.05, 0.1) is 0 Å². The molecule has 0 saturated carbocycles. The van der Waals surface area contributed by atoms with Crippen LogP contribution in [0.25, 0.3) is 0 Å². The van der Waals surface area contributed by atoms with E-state index in [0.717, 1.165) is 11.1 Å². The van der Waals surface area contributed by atoms with E-state index in [9.17, 15) is 9.59 Å². The van der Waals surface area contributed by atoms with Gasteiger partial charge in [-0.3, -0.25) is 4.79 Å². The molecule has 1 heterocycles. The lowest BCUT2D eigenvalue weighted by molar-refractivity contribution is -0.145. The summed E-state index contributed by atoms with van der Waals surface area (Å²) in [7, 11) is 0. The van der Waals surface area contributed by atoms with E-state index < -0.39 is 5.60 Å². The summed E-state index contributed by atoms with van der Waals surface area (Å²) in [6, 6.07) is 17.2. The van der Waals surface area contributed by atoms with Gasteiger partial charge in [-0.15, -0.1) is 0 Å². The molecule has 0 saturated heterocycles. The zero-order chi connectivity index (χ0) is 17.2. The van der Waals surface area contributed by atoms with Crippen LogP contribution in [-0.2, 0) is 9.53 Å². The van der Waals surface area contributed by atoms with E-state index >= 15 is 0 Å². The molecule has 2 aromatic rings. The number of ether oxygens (including phenoxy) is 1. The molecule has 2 atom stereocenters. The molecule has 0 fully saturated rings. The third-order valence-electron chi connectivity index (χ3n) is 4.49. The number of aryl methyl sites for hydroxylation is 1. The first-order valence-electron chi connectivity index (χ1n) is 8.05. The molecule has 0 aliphatic carbocycles. The molecular weight excluding hydrogens is 300 g/mol. The standard InChI is InChI=1S/C21H20O3/c1-15-7-6-10-17(13-15)18(21(2)12-11-20(23)24-21)14-19(22)16-8-4-3-5-9-16/h3-13,18H,14H2,1-2H3/t18-,21+/m0/s1. The molecule has 3 rings (SSSR count). The summed E-state index contributed by atoms with van der Waals surface area (Å²) in [4.78, 5) is 24.4. The summed E-state index contributed by atoms with van der Waals surface area (Å²) >= 11 is 0. The van der Waals surface area contributed by atoms with Gasteiger partial charge in [0, 0.05) is 24.0 Å². The van der Waals surface area contributed by atoms with Crippen molar-refractivity contribution < 1.29 is 14.3 Å². The molecule has 0 unspecified atom stereocenters. The average Bonchev–Trinajstić information content (AvgIpc) is 2.93. The summed E-state index contributed by atoms with van der Waals surface area (Å²) in [5, 5.41) is 0. The molecule has 0 amide bonds. The monoisotopic (exact) mass is 320 g/mol. The van der Waals surface area contributed by atoms with Crippen molar-refractivity contribution in [3.63, 3.8) is 0 Å². The average molecular weight is 320 g/mol. The molecule has 0 spiro atoms. The van der Waals surface area contributed by atoms with Crippen LogP contribution in [0.15, 0.2) is 66.7 Å². The minimum Gasteiger partial charge on any atom is -0.451 e. The molecule has 24 heavy (non-hydrogen) atoms. The number of ketones is 1. The van der Waals surface area contributed by atoms with Crippen molar-refractivity contribution in [2.75, 3.05) is 0 Å². The number of hydrogen-bond donors (Lipinski definition) is 0. The molecule has 0 radical (unpaired) electrons. The van der Waals surface area contributed by atoms with Gasteiger partial charge < -0.3 is 4.74 Å². The van der Waals surface area contributed by atoms with Crippen LogP contribution < -0.4 is 0 Å². The SMILES string of the molecule is Cc1cccc([C@H](CC(=O)c2ccccc2)[C@@]2(C)C=CC(=O)O2)c1. The van der Waals surface area contributed by atoms with Crippen LogP contribution in [0, 0.1) is 6.92 Å². The van der Waals surface area contributed by atoms with E-state index in [2.05, 4.69) is 0 Å². The Hall–Kier alpha value is -2.68. The Morgan fingerprint density at radius 3 is 2.50 bits per heavy atom. The quantitative estimate of drug-likeness (QED) is 0.612. The van der Waals surface area contributed by atoms with Gasteiger partial charge in [0.2, 0.25) is 0 Å². The van der Waals surface area contributed by atoms with E-state index in [4.69, 9.17) is 4.74 Å². The van der Waals surface area contributed by atoms with E-state index in [1.165, 1.54) is 6.08 Å². The lowest BCUT2D eigenvalue weighted by atomic mass is 9.79. The van der Waals surface area contributed by atoms with E-state index in [1.807, 2.05) is 68.4 Å². The van der Waals surface area contributed by atoms with Crippen molar-refractivity contribution in [1.82, 2.24) is 0 Å². The second kappa shape index (κ2) is 6.44. The largest absolute Gasteiger partial charge is 0.451 e. The Morgan fingerprint density at radius 2 is 1.88 bits per heavy atom. The van der Waals surface area contributed by atoms with Crippen LogP contribution in [0.3, 0.4) is 0 Å². The number of hydrogen-bond acceptors (Lipinski definition) is 3. The van der Waals surface area contributed by atoms with Crippen LogP contribution >= 0.6 is 0 Å². The molecule has 3 nitrogen and oxygen atoms in total. The molecule has 0 bridgehead atoms. The maximum Gasteiger partial charge on any atom is 0.331 e. The fraction of sp³-hybridized carbons (Fsp3) is 0.238. The third-order valence-corrected chi connectivity index (χ3v) is 4.49. The number of carbonyl (C=O) groups excluding carboxylic acids is 2. The van der Waals surface area contributed by atoms with Crippen LogP contribution in [0.2, 0.25) is 0 Å². The summed E-state index contributed by atoms with van der Waals surface area (Å²) < 4.78 is 5.54. The second-order valence-electron chi connectivity index (χ2n) is 6.40. The number of Topliss-reactive ketones (excluding diaryl/α,β-unsaturated/α-hetero) is 1. The first-order valence-corrected chi connectivity index (χ1v) is 8.05. The van der Waals surface area contributed by atoms with Crippen molar-refractivity contribution in [3.8, 4) is 0 Å². The predicted molar refractivity (Wildman–Crippen MR) is 92.9 cm³/mol. The molecule has 0 aromatic heterocycles. The van der Waals surface area contributed by atoms with Crippen LogP contribution in [0.4, 0.5) is 0 Å². The summed E-state index contributed by atoms with van der Waals surface area (Å²) in [5.41, 5.74) is 1.98. The molecule has 0 N–H and O–H groups in total. The summed E-state index contributed by atoms with van der Waals surface area (Å²) in [6.07, 6.45) is 3.48. The highest BCUT2D eigenvalue weighted by molar-refractivity contribution is 5.96. The third kappa shape index (κ3) is 3.30. The normalized spacial score (nSPS) is 20.7. The van der Waals surface area contributed by atoms with Crippen LogP contribution in [0.1, 0.15) is 40.7 Å². The Balaban J connectivity index is 1.95. The number of rotatable bonds is 5. The van der Waals surface area contributed by atoms with E-state index in [0.29, 0.717) is 5.56 Å².